The molecule has 1 unspecified atom stereocenters. The van der Waals surface area contributed by atoms with E-state index in [9.17, 15) is 4.89 Å². The molecule has 110 valence electrons. The van der Waals surface area contributed by atoms with E-state index in [0.29, 0.717) is 5.75 Å². The van der Waals surface area contributed by atoms with Gasteiger partial charge in [0.2, 0.25) is 0 Å². The Balaban J connectivity index is 0.00000200. The van der Waals surface area contributed by atoms with Crippen LogP contribution in [0.1, 0.15) is 11.1 Å². The van der Waals surface area contributed by atoms with Gasteiger partial charge in [-0.1, -0.05) is 59.6 Å². The van der Waals surface area contributed by atoms with Crippen molar-refractivity contribution in [2.75, 3.05) is 0 Å². The summed E-state index contributed by atoms with van der Waals surface area (Å²) < 4.78 is 5.52. The molecule has 0 radical (unpaired) electrons. The summed E-state index contributed by atoms with van der Waals surface area (Å²) in [5.74, 6) is 0.585. The van der Waals surface area contributed by atoms with Gasteiger partial charge in [-0.3, -0.25) is 0 Å². The molecule has 2 nitrogen and oxygen atoms in total. The molecule has 0 N–H and O–H groups in total. The van der Waals surface area contributed by atoms with Gasteiger partial charge in [0, 0.05) is 4.90 Å². The van der Waals surface area contributed by atoms with Crippen molar-refractivity contribution in [3.8, 4) is 5.75 Å². The zero-order chi connectivity index (χ0) is 13.9. The Morgan fingerprint density at radius 2 is 1.55 bits per heavy atom. The van der Waals surface area contributed by atoms with Crippen LogP contribution < -0.4 is 9.42 Å². The van der Waals surface area contributed by atoms with Gasteiger partial charge in [0.25, 0.3) is 0 Å². The minimum absolute atomic E-state index is 0. The molecule has 0 aliphatic heterocycles. The molecule has 0 aliphatic rings. The van der Waals surface area contributed by atoms with Gasteiger partial charge in [-0.15, -0.1) is 0 Å². The minimum Gasteiger partial charge on any atom is -0.783 e. The Labute approximate surface area is 139 Å². The van der Waals surface area contributed by atoms with E-state index in [2.05, 4.69) is 0 Å². The van der Waals surface area contributed by atoms with Crippen molar-refractivity contribution in [3.63, 3.8) is 0 Å². The summed E-state index contributed by atoms with van der Waals surface area (Å²) in [6.45, 7) is 3.87. The van der Waals surface area contributed by atoms with Crippen LogP contribution >= 0.6 is 17.1 Å². The molecule has 0 aromatic heterocycles. The van der Waals surface area contributed by atoms with Gasteiger partial charge >= 0.3 is 17.1 Å². The molecule has 2 rings (SSSR count). The molecule has 2 aromatic rings. The van der Waals surface area contributed by atoms with Crippen LogP contribution in [0.2, 0.25) is 0 Å². The SMILES string of the molecule is Cc1ccccc1OP([O-])(=S)Sc1ccccc1C.[Cu+]. The molecule has 0 aliphatic carbocycles. The van der Waals surface area contributed by atoms with Gasteiger partial charge in [-0.05, 0) is 37.1 Å². The predicted octanol–water partition coefficient (Wildman–Crippen LogP) is 4.06. The summed E-state index contributed by atoms with van der Waals surface area (Å²) in [6, 6.07) is 15.1. The Bertz CT molecular complexity index is 583. The van der Waals surface area contributed by atoms with E-state index in [1.807, 2.05) is 56.3 Å². The zero-order valence-electron chi connectivity index (χ0n) is 11.0. The maximum Gasteiger partial charge on any atom is 1.00 e. The van der Waals surface area contributed by atoms with Crippen molar-refractivity contribution in [3.05, 3.63) is 59.7 Å². The fourth-order valence-electron chi connectivity index (χ4n) is 1.58. The number of para-hydroxylation sites is 1. The van der Waals surface area contributed by atoms with Crippen molar-refractivity contribution in [1.82, 2.24) is 0 Å². The van der Waals surface area contributed by atoms with Crippen LogP contribution in [0, 0.1) is 13.8 Å². The van der Waals surface area contributed by atoms with Gasteiger partial charge in [0.1, 0.15) is 11.4 Å². The summed E-state index contributed by atoms with van der Waals surface area (Å²) in [5, 5.41) is 0. The van der Waals surface area contributed by atoms with Crippen LogP contribution in [0.15, 0.2) is 53.4 Å². The molecule has 0 saturated heterocycles. The van der Waals surface area contributed by atoms with Gasteiger partial charge in [0.05, 0.1) is 0 Å². The van der Waals surface area contributed by atoms with Crippen molar-refractivity contribution >= 4 is 28.9 Å². The van der Waals surface area contributed by atoms with Crippen molar-refractivity contribution in [2.24, 2.45) is 0 Å². The third-order valence-corrected chi connectivity index (χ3v) is 6.29. The molecule has 6 heteroatoms. The van der Waals surface area contributed by atoms with E-state index < -0.39 is 5.69 Å². The minimum atomic E-state index is -3.19. The summed E-state index contributed by atoms with van der Waals surface area (Å²) in [6.07, 6.45) is 0. The van der Waals surface area contributed by atoms with Gasteiger partial charge in [0.15, 0.2) is 0 Å². The molecule has 1 atom stereocenters. The van der Waals surface area contributed by atoms with E-state index in [0.717, 1.165) is 27.4 Å². The van der Waals surface area contributed by atoms with Crippen LogP contribution in [0.3, 0.4) is 0 Å². The molecule has 2 aromatic carbocycles. The molecular weight excluding hydrogens is 359 g/mol. The smallest absolute Gasteiger partial charge is 0.783 e. The number of hydrogen-bond donors (Lipinski definition) is 0. The number of benzene rings is 2. The summed E-state index contributed by atoms with van der Waals surface area (Å²) >= 11 is 6.25. The van der Waals surface area contributed by atoms with Gasteiger partial charge in [-0.25, -0.2) is 0 Å². The molecule has 0 spiro atoms. The molecule has 20 heavy (non-hydrogen) atoms. The second-order valence-corrected chi connectivity index (χ2v) is 9.99. The topological polar surface area (TPSA) is 32.3 Å². The van der Waals surface area contributed by atoms with Crippen LogP contribution in [0.25, 0.3) is 0 Å². The molecular formula is C14H14CuO2PS2. The first-order chi connectivity index (χ1) is 8.98. The van der Waals surface area contributed by atoms with Crippen LogP contribution in [0.4, 0.5) is 0 Å². The fraction of sp³-hybridized carbons (Fsp3) is 0.143. The first kappa shape index (κ1) is 17.8. The summed E-state index contributed by atoms with van der Waals surface area (Å²) in [7, 11) is 0. The summed E-state index contributed by atoms with van der Waals surface area (Å²) in [4.78, 5) is 13.3. The normalized spacial score (nSPS) is 13.2. The van der Waals surface area contributed by atoms with Crippen LogP contribution in [-0.2, 0) is 28.9 Å². The van der Waals surface area contributed by atoms with E-state index in [4.69, 9.17) is 16.3 Å². The first-order valence-electron chi connectivity index (χ1n) is 5.79. The van der Waals surface area contributed by atoms with E-state index in [1.54, 1.807) is 6.07 Å². The summed E-state index contributed by atoms with van der Waals surface area (Å²) in [5.41, 5.74) is -1.21. The monoisotopic (exact) mass is 372 g/mol. The van der Waals surface area contributed by atoms with Crippen molar-refractivity contribution in [1.29, 1.82) is 0 Å². The number of aryl methyl sites for hydroxylation is 2. The third kappa shape index (κ3) is 4.92. The second kappa shape index (κ2) is 7.65. The average molecular weight is 373 g/mol. The van der Waals surface area contributed by atoms with Crippen molar-refractivity contribution < 1.29 is 26.5 Å². The van der Waals surface area contributed by atoms with E-state index >= 15 is 0 Å². The van der Waals surface area contributed by atoms with Gasteiger partial charge in [-0.2, -0.15) is 0 Å². The number of rotatable bonds is 4. The Morgan fingerprint density at radius 3 is 2.15 bits per heavy atom. The third-order valence-electron chi connectivity index (χ3n) is 2.61. The fourth-order valence-corrected chi connectivity index (χ4v) is 5.31. The zero-order valence-corrected chi connectivity index (χ0v) is 14.5. The van der Waals surface area contributed by atoms with Crippen LogP contribution in [0.5, 0.6) is 5.75 Å². The maximum atomic E-state index is 12.4. The van der Waals surface area contributed by atoms with E-state index in [-0.39, 0.29) is 17.1 Å². The molecule has 0 heterocycles. The first-order valence-corrected chi connectivity index (χ1v) is 9.85. The molecule has 0 fully saturated rings. The quantitative estimate of drug-likeness (QED) is 0.598. The van der Waals surface area contributed by atoms with Gasteiger partial charge < -0.3 is 9.42 Å². The average Bonchev–Trinajstić information content (AvgIpc) is 2.35. The maximum absolute atomic E-state index is 12.4. The van der Waals surface area contributed by atoms with Crippen LogP contribution in [-0.4, -0.2) is 0 Å². The molecule has 0 amide bonds. The largest absolute Gasteiger partial charge is 1.00 e. The Kier molecular flexibility index (Phi) is 6.80. The number of hydrogen-bond acceptors (Lipinski definition) is 4. The molecule has 0 bridgehead atoms. The molecule has 0 saturated carbocycles. The van der Waals surface area contributed by atoms with Crippen molar-refractivity contribution in [2.45, 2.75) is 18.7 Å². The standard InChI is InChI=1S/C14H15O2PS2.Cu/c1-11-7-3-5-9-13(11)16-17(15,18)19-14-10-6-4-8-12(14)2;/h3-10H,1-2H3,(H,15,18);/q;+1/p-1. The van der Waals surface area contributed by atoms with E-state index in [1.165, 1.54) is 0 Å². The predicted molar refractivity (Wildman–Crippen MR) is 83.1 cm³/mol. The Morgan fingerprint density at radius 1 is 1.00 bits per heavy atom. The Hall–Kier alpha value is -0.281. The second-order valence-electron chi connectivity index (χ2n) is 4.16.